The molecule has 0 spiro atoms. The number of aliphatic hydroxyl groups is 1. The molecule has 0 fully saturated rings. The van der Waals surface area contributed by atoms with E-state index in [0.717, 1.165) is 0 Å². The van der Waals surface area contributed by atoms with Gasteiger partial charge in [-0.15, -0.1) is 23.2 Å². The summed E-state index contributed by atoms with van der Waals surface area (Å²) in [5.41, 5.74) is 0. The van der Waals surface area contributed by atoms with Crippen molar-refractivity contribution in [3.63, 3.8) is 0 Å². The van der Waals surface area contributed by atoms with Crippen LogP contribution < -0.4 is 113 Å². The summed E-state index contributed by atoms with van der Waals surface area (Å²) in [7, 11) is -7.03. The molecule has 6 nitrogen and oxygen atoms in total. The van der Waals surface area contributed by atoms with Crippen molar-refractivity contribution in [2.75, 3.05) is 6.61 Å². The molecule has 0 aliphatic heterocycles. The molecular formula is C2H6Cl2K2O6P2. The zero-order valence-electron chi connectivity index (χ0n) is 7.53. The quantitative estimate of drug-likeness (QED) is 0.312. The molecule has 0 aliphatic carbocycles. The van der Waals surface area contributed by atoms with Crippen LogP contribution in [0.5, 0.6) is 0 Å². The first-order chi connectivity index (χ1) is 5.40. The smallest absolute Gasteiger partial charge is 0.781 e. The third kappa shape index (κ3) is 36.0. The summed E-state index contributed by atoms with van der Waals surface area (Å²) in [4.78, 5) is 18.0. The number of hydrogen-bond donors (Lipinski definition) is 1. The summed E-state index contributed by atoms with van der Waals surface area (Å²) in [6.07, 6.45) is 0. The third-order valence-corrected chi connectivity index (χ3v) is 1.91. The minimum Gasteiger partial charge on any atom is -0.781 e. The molecule has 0 heterocycles. The number of hydrogen-bond acceptors (Lipinski definition) is 6. The van der Waals surface area contributed by atoms with Crippen molar-refractivity contribution in [2.45, 2.75) is 4.84 Å². The molecule has 76 valence electrons. The zero-order valence-corrected chi connectivity index (χ0v) is 17.3. The largest absolute Gasteiger partial charge is 1.00 e. The summed E-state index contributed by atoms with van der Waals surface area (Å²) in [6, 6.07) is 0. The van der Waals surface area contributed by atoms with Gasteiger partial charge in [0.2, 0.25) is 0 Å². The summed E-state index contributed by atoms with van der Waals surface area (Å²) >= 11 is 9.96. The average molecular weight is 337 g/mol. The standard InChI is InChI=1S/C2H4Cl2O.2K.H4O5P2/c3-2(4)1-5;;;1-6(2)5-7(3)4/h2,5H,1H2;;;6-7H,(H,1,2)(H,3,4)/q;2*+1;/p-2. The molecule has 0 saturated heterocycles. The van der Waals surface area contributed by atoms with E-state index in [0.29, 0.717) is 0 Å². The van der Waals surface area contributed by atoms with Crippen LogP contribution >= 0.6 is 39.7 Å². The van der Waals surface area contributed by atoms with Crippen LogP contribution in [0.25, 0.3) is 0 Å². The Balaban J connectivity index is -0.0000000651. The molecule has 0 aromatic carbocycles. The van der Waals surface area contributed by atoms with Crippen molar-refractivity contribution >= 4 is 39.7 Å². The fourth-order valence-electron chi connectivity index (χ4n) is 0.0680. The van der Waals surface area contributed by atoms with E-state index in [2.05, 4.69) is 4.31 Å². The van der Waals surface area contributed by atoms with E-state index in [1.54, 1.807) is 0 Å². The molecule has 0 radical (unpaired) electrons. The maximum absolute atomic E-state index is 9.29. The number of rotatable bonds is 3. The molecule has 0 aromatic heterocycles. The number of alkyl halides is 2. The Bertz CT molecular complexity index is 147. The molecule has 0 aromatic rings. The second-order valence-corrected chi connectivity index (χ2v) is 4.27. The van der Waals surface area contributed by atoms with Crippen LogP contribution in [0.15, 0.2) is 0 Å². The Morgan fingerprint density at radius 1 is 1.21 bits per heavy atom. The van der Waals surface area contributed by atoms with Crippen LogP contribution in [-0.4, -0.2) is 16.5 Å². The van der Waals surface area contributed by atoms with Gasteiger partial charge in [-0.05, 0) is 0 Å². The minimum absolute atomic E-state index is 0. The van der Waals surface area contributed by atoms with Gasteiger partial charge in [0.15, 0.2) is 0 Å². The number of halogens is 2. The third-order valence-electron chi connectivity index (χ3n) is 0.305. The van der Waals surface area contributed by atoms with Crippen molar-refractivity contribution in [3.8, 4) is 0 Å². The maximum Gasteiger partial charge on any atom is 1.00 e. The van der Waals surface area contributed by atoms with Crippen molar-refractivity contribution in [1.82, 2.24) is 0 Å². The molecular weight excluding hydrogens is 331 g/mol. The summed E-state index contributed by atoms with van der Waals surface area (Å²) in [6.45, 7) is -0.164. The Kier molecular flexibility index (Phi) is 37.1. The van der Waals surface area contributed by atoms with Gasteiger partial charge in [-0.2, -0.15) is 0 Å². The molecule has 0 amide bonds. The second kappa shape index (κ2) is 19.5. The Morgan fingerprint density at radius 2 is 1.43 bits per heavy atom. The molecule has 2 unspecified atom stereocenters. The normalized spacial score (nSPS) is 12.7. The van der Waals surface area contributed by atoms with Gasteiger partial charge in [-0.25, -0.2) is 0 Å². The predicted molar refractivity (Wildman–Crippen MR) is 41.7 cm³/mol. The fourth-order valence-corrected chi connectivity index (χ4v) is 0.612. The zero-order chi connectivity index (χ0) is 10.1. The van der Waals surface area contributed by atoms with Crippen LogP contribution in [0.3, 0.4) is 0 Å². The van der Waals surface area contributed by atoms with Crippen molar-refractivity contribution in [1.29, 1.82) is 0 Å². The molecule has 2 atom stereocenters. The maximum atomic E-state index is 9.29. The SMILES string of the molecule is O=[PH]([O-])O[PH](=O)[O-].OCC(Cl)Cl.[K+].[K+]. The van der Waals surface area contributed by atoms with Gasteiger partial charge < -0.3 is 24.0 Å². The predicted octanol–water partition coefficient (Wildman–Crippen LogP) is -6.71. The fraction of sp³-hybridized carbons (Fsp3) is 1.00. The van der Waals surface area contributed by atoms with E-state index in [9.17, 15) is 18.9 Å². The molecule has 0 saturated carbocycles. The van der Waals surface area contributed by atoms with Gasteiger partial charge >= 0.3 is 103 Å². The first-order valence-electron chi connectivity index (χ1n) is 2.39. The monoisotopic (exact) mass is 336 g/mol. The van der Waals surface area contributed by atoms with E-state index < -0.39 is 21.3 Å². The van der Waals surface area contributed by atoms with Gasteiger partial charge in [-0.3, -0.25) is 4.31 Å². The van der Waals surface area contributed by atoms with Crippen molar-refractivity contribution in [2.24, 2.45) is 0 Å². The van der Waals surface area contributed by atoms with Crippen molar-refractivity contribution < 1.29 is 131 Å². The summed E-state index contributed by atoms with van der Waals surface area (Å²) < 4.78 is 21.8. The van der Waals surface area contributed by atoms with E-state index in [1.807, 2.05) is 0 Å². The van der Waals surface area contributed by atoms with E-state index >= 15 is 0 Å². The molecule has 1 N–H and O–H groups in total. The van der Waals surface area contributed by atoms with Crippen molar-refractivity contribution in [3.05, 3.63) is 0 Å². The van der Waals surface area contributed by atoms with Gasteiger partial charge in [0.1, 0.15) is 21.3 Å². The van der Waals surface area contributed by atoms with Crippen LogP contribution in [0.2, 0.25) is 0 Å². The number of aliphatic hydroxyl groups excluding tert-OH is 1. The van der Waals surface area contributed by atoms with Gasteiger partial charge in [-0.1, -0.05) is 0 Å². The summed E-state index contributed by atoms with van der Waals surface area (Å²) in [5.74, 6) is 0. The first-order valence-corrected chi connectivity index (χ1v) is 5.71. The Hall–Kier alpha value is 4.15. The van der Waals surface area contributed by atoms with Crippen LogP contribution in [-0.2, 0) is 13.4 Å². The summed E-state index contributed by atoms with van der Waals surface area (Å²) in [5, 5.41) is 7.88. The molecule has 14 heavy (non-hydrogen) atoms. The minimum atomic E-state index is -3.51. The van der Waals surface area contributed by atoms with Gasteiger partial charge in [0.05, 0.1) is 6.61 Å². The van der Waals surface area contributed by atoms with E-state index in [1.165, 1.54) is 0 Å². The Labute approximate surface area is 178 Å². The first kappa shape index (κ1) is 26.7. The van der Waals surface area contributed by atoms with E-state index in [-0.39, 0.29) is 109 Å². The second-order valence-electron chi connectivity index (χ2n) is 1.18. The molecule has 0 bridgehead atoms. The van der Waals surface area contributed by atoms with Gasteiger partial charge in [0.25, 0.3) is 0 Å². The van der Waals surface area contributed by atoms with Crippen LogP contribution in [0.1, 0.15) is 0 Å². The molecule has 0 rings (SSSR count). The topological polar surface area (TPSA) is 110 Å². The molecule has 0 aliphatic rings. The van der Waals surface area contributed by atoms with Gasteiger partial charge in [0, 0.05) is 0 Å². The average Bonchev–Trinajstić information content (AvgIpc) is 1.85. The van der Waals surface area contributed by atoms with E-state index in [4.69, 9.17) is 28.3 Å². The van der Waals surface area contributed by atoms with Crippen LogP contribution in [0.4, 0.5) is 0 Å². The molecule has 12 heteroatoms. The Morgan fingerprint density at radius 3 is 1.43 bits per heavy atom. The van der Waals surface area contributed by atoms with Crippen LogP contribution in [0, 0.1) is 0 Å².